The molecule has 1 heterocycles. The highest BCUT2D eigenvalue weighted by atomic mass is 16.5. The molecule has 2 aromatic carbocycles. The molecule has 3 heteroatoms. The van der Waals surface area contributed by atoms with Crippen LogP contribution in [0, 0.1) is 0 Å². The minimum absolute atomic E-state index is 0.448. The normalized spacial score (nSPS) is 10.7. The van der Waals surface area contributed by atoms with Crippen molar-refractivity contribution < 1.29 is 4.74 Å². The number of nitrogens with zero attached hydrogens (tertiary/aromatic N) is 1. The maximum Gasteiger partial charge on any atom is 0.120 e. The van der Waals surface area contributed by atoms with Crippen LogP contribution in [0.4, 0.5) is 0 Å². The number of rotatable bonds is 4. The zero-order valence-electron chi connectivity index (χ0n) is 11.1. The Morgan fingerprint density at radius 3 is 2.65 bits per heavy atom. The smallest absolute Gasteiger partial charge is 0.120 e. The molecule has 0 saturated heterocycles. The molecular formula is C17H16N2O. The molecule has 0 unspecified atom stereocenters. The Balaban J connectivity index is 1.76. The van der Waals surface area contributed by atoms with Gasteiger partial charge in [-0.25, -0.2) is 0 Å². The number of nitrogens with two attached hydrogens (primary N) is 1. The maximum absolute atomic E-state index is 5.83. The van der Waals surface area contributed by atoms with E-state index >= 15 is 0 Å². The topological polar surface area (TPSA) is 48.1 Å². The van der Waals surface area contributed by atoms with Gasteiger partial charge in [0.05, 0.1) is 5.69 Å². The molecular weight excluding hydrogens is 248 g/mol. The van der Waals surface area contributed by atoms with Gasteiger partial charge in [0.25, 0.3) is 0 Å². The third kappa shape index (κ3) is 2.78. The molecule has 0 radical (unpaired) electrons. The number of aromatic nitrogens is 1. The molecule has 0 saturated carbocycles. The third-order valence-corrected chi connectivity index (χ3v) is 3.22. The molecule has 100 valence electrons. The van der Waals surface area contributed by atoms with Gasteiger partial charge in [0, 0.05) is 12.7 Å². The fraction of sp³-hybridized carbons (Fsp3) is 0.118. The zero-order chi connectivity index (χ0) is 13.8. The van der Waals surface area contributed by atoms with Gasteiger partial charge in [-0.3, -0.25) is 4.98 Å². The predicted octanol–water partition coefficient (Wildman–Crippen LogP) is 3.27. The first-order chi connectivity index (χ1) is 9.85. The van der Waals surface area contributed by atoms with Crippen LogP contribution in [0.25, 0.3) is 10.8 Å². The van der Waals surface area contributed by atoms with E-state index in [0.29, 0.717) is 13.2 Å². The van der Waals surface area contributed by atoms with E-state index in [1.807, 2.05) is 30.3 Å². The summed E-state index contributed by atoms with van der Waals surface area (Å²) in [5.74, 6) is 0.870. The summed E-state index contributed by atoms with van der Waals surface area (Å²) in [6.45, 7) is 0.970. The van der Waals surface area contributed by atoms with Crippen LogP contribution in [0.15, 0.2) is 60.8 Å². The summed E-state index contributed by atoms with van der Waals surface area (Å²) >= 11 is 0. The van der Waals surface area contributed by atoms with Gasteiger partial charge in [-0.2, -0.15) is 0 Å². The lowest BCUT2D eigenvalue weighted by atomic mass is 10.1. The van der Waals surface area contributed by atoms with Crippen molar-refractivity contribution in [3.63, 3.8) is 0 Å². The van der Waals surface area contributed by atoms with Gasteiger partial charge >= 0.3 is 0 Å². The fourth-order valence-electron chi connectivity index (χ4n) is 2.15. The molecule has 0 bridgehead atoms. The van der Waals surface area contributed by atoms with Crippen molar-refractivity contribution in [2.24, 2.45) is 5.73 Å². The minimum Gasteiger partial charge on any atom is -0.489 e. The SMILES string of the molecule is NCc1cc(COc2ccc3ccccc3c2)ccn1. The average molecular weight is 264 g/mol. The van der Waals surface area contributed by atoms with Gasteiger partial charge in [0.1, 0.15) is 12.4 Å². The Labute approximate surface area is 118 Å². The fourth-order valence-corrected chi connectivity index (χ4v) is 2.15. The van der Waals surface area contributed by atoms with E-state index in [2.05, 4.69) is 29.2 Å². The second-order valence-corrected chi connectivity index (χ2v) is 4.66. The van der Waals surface area contributed by atoms with Crippen molar-refractivity contribution in [2.45, 2.75) is 13.2 Å². The van der Waals surface area contributed by atoms with Gasteiger partial charge < -0.3 is 10.5 Å². The van der Waals surface area contributed by atoms with Crippen LogP contribution in [0.1, 0.15) is 11.3 Å². The second-order valence-electron chi connectivity index (χ2n) is 4.66. The first kappa shape index (κ1) is 12.6. The highest BCUT2D eigenvalue weighted by Gasteiger charge is 2.00. The van der Waals surface area contributed by atoms with Crippen LogP contribution in [-0.2, 0) is 13.2 Å². The van der Waals surface area contributed by atoms with Crippen molar-refractivity contribution in [1.29, 1.82) is 0 Å². The quantitative estimate of drug-likeness (QED) is 0.786. The average Bonchev–Trinajstić information content (AvgIpc) is 2.53. The van der Waals surface area contributed by atoms with Gasteiger partial charge in [0.2, 0.25) is 0 Å². The first-order valence-corrected chi connectivity index (χ1v) is 6.60. The Bertz CT molecular complexity index is 725. The van der Waals surface area contributed by atoms with E-state index in [4.69, 9.17) is 10.5 Å². The Morgan fingerprint density at radius 1 is 0.950 bits per heavy atom. The molecule has 0 atom stereocenters. The summed E-state index contributed by atoms with van der Waals surface area (Å²) in [6.07, 6.45) is 1.77. The third-order valence-electron chi connectivity index (χ3n) is 3.22. The van der Waals surface area contributed by atoms with Crippen molar-refractivity contribution in [3.8, 4) is 5.75 Å². The number of ether oxygens (including phenoxy) is 1. The van der Waals surface area contributed by atoms with Crippen LogP contribution in [0.2, 0.25) is 0 Å². The lowest BCUT2D eigenvalue weighted by molar-refractivity contribution is 0.306. The van der Waals surface area contributed by atoms with Crippen molar-refractivity contribution in [1.82, 2.24) is 4.98 Å². The van der Waals surface area contributed by atoms with E-state index in [0.717, 1.165) is 17.0 Å². The van der Waals surface area contributed by atoms with Crippen LogP contribution >= 0.6 is 0 Å². The Hall–Kier alpha value is -2.39. The summed E-state index contributed by atoms with van der Waals surface area (Å²) in [4.78, 5) is 4.17. The maximum atomic E-state index is 5.83. The molecule has 2 N–H and O–H groups in total. The van der Waals surface area contributed by atoms with E-state index in [-0.39, 0.29) is 0 Å². The molecule has 0 aliphatic heterocycles. The van der Waals surface area contributed by atoms with Crippen LogP contribution in [0.5, 0.6) is 5.75 Å². The number of hydrogen-bond donors (Lipinski definition) is 1. The van der Waals surface area contributed by atoms with E-state index < -0.39 is 0 Å². The number of benzene rings is 2. The lowest BCUT2D eigenvalue weighted by Gasteiger charge is -2.08. The highest BCUT2D eigenvalue weighted by Crippen LogP contribution is 2.21. The predicted molar refractivity (Wildman–Crippen MR) is 80.4 cm³/mol. The number of hydrogen-bond acceptors (Lipinski definition) is 3. The van der Waals surface area contributed by atoms with Gasteiger partial charge in [-0.15, -0.1) is 0 Å². The first-order valence-electron chi connectivity index (χ1n) is 6.60. The Morgan fingerprint density at radius 2 is 1.80 bits per heavy atom. The van der Waals surface area contributed by atoms with Gasteiger partial charge in [0.15, 0.2) is 0 Å². The highest BCUT2D eigenvalue weighted by molar-refractivity contribution is 5.83. The summed E-state index contributed by atoms with van der Waals surface area (Å²) in [5, 5.41) is 2.40. The van der Waals surface area contributed by atoms with Crippen LogP contribution in [-0.4, -0.2) is 4.98 Å². The van der Waals surface area contributed by atoms with E-state index in [9.17, 15) is 0 Å². The summed E-state index contributed by atoms with van der Waals surface area (Å²) in [5.41, 5.74) is 7.54. The molecule has 0 aliphatic rings. The molecule has 0 amide bonds. The molecule has 3 aromatic rings. The standard InChI is InChI=1S/C17H16N2O/c18-11-16-9-13(7-8-19-16)12-20-17-6-5-14-3-1-2-4-15(14)10-17/h1-10H,11-12,18H2. The molecule has 3 nitrogen and oxygen atoms in total. The molecule has 0 spiro atoms. The van der Waals surface area contributed by atoms with E-state index in [1.54, 1.807) is 6.20 Å². The molecule has 0 aliphatic carbocycles. The second kappa shape index (κ2) is 5.72. The monoisotopic (exact) mass is 264 g/mol. The van der Waals surface area contributed by atoms with Crippen molar-refractivity contribution >= 4 is 10.8 Å². The zero-order valence-corrected chi connectivity index (χ0v) is 11.1. The van der Waals surface area contributed by atoms with E-state index in [1.165, 1.54) is 10.8 Å². The number of pyridine rings is 1. The molecule has 1 aromatic heterocycles. The summed E-state index contributed by atoms with van der Waals surface area (Å²) in [6, 6.07) is 18.3. The molecule has 0 fully saturated rings. The molecule has 20 heavy (non-hydrogen) atoms. The largest absolute Gasteiger partial charge is 0.489 e. The lowest BCUT2D eigenvalue weighted by Crippen LogP contribution is -2.02. The summed E-state index contributed by atoms with van der Waals surface area (Å²) in [7, 11) is 0. The number of fused-ring (bicyclic) bond motifs is 1. The summed E-state index contributed by atoms with van der Waals surface area (Å²) < 4.78 is 5.83. The van der Waals surface area contributed by atoms with Crippen molar-refractivity contribution in [2.75, 3.05) is 0 Å². The molecule has 3 rings (SSSR count). The van der Waals surface area contributed by atoms with Crippen LogP contribution < -0.4 is 10.5 Å². The minimum atomic E-state index is 0.448. The van der Waals surface area contributed by atoms with Crippen molar-refractivity contribution in [3.05, 3.63) is 72.1 Å². The van der Waals surface area contributed by atoms with Crippen LogP contribution in [0.3, 0.4) is 0 Å². The van der Waals surface area contributed by atoms with Gasteiger partial charge in [-0.05, 0) is 40.6 Å². The Kier molecular flexibility index (Phi) is 3.61. The van der Waals surface area contributed by atoms with Gasteiger partial charge in [-0.1, -0.05) is 30.3 Å².